The maximum absolute atomic E-state index is 9.85. The van der Waals surface area contributed by atoms with Crippen molar-refractivity contribution in [3.63, 3.8) is 0 Å². The summed E-state index contributed by atoms with van der Waals surface area (Å²) in [4.78, 5) is 16.9. The molecule has 2 saturated carbocycles. The normalized spacial score (nSPS) is 24.7. The molecular formula is C30H37ClN6O3. The number of aromatic nitrogens is 4. The highest BCUT2D eigenvalue weighted by molar-refractivity contribution is 6.31. The van der Waals surface area contributed by atoms with Gasteiger partial charge in [0.2, 0.25) is 11.8 Å². The summed E-state index contributed by atoms with van der Waals surface area (Å²) >= 11 is 6.57. The SMILES string of the molecule is COCCOc1cc(Cl)cc(-c2nc(C#N)nc3nc(N4CCO[C@@H]5CCC[C@H]54)n(CC4CCC(C)CC4)c23)c1. The van der Waals surface area contributed by atoms with Crippen molar-refractivity contribution in [2.45, 2.75) is 70.6 Å². The van der Waals surface area contributed by atoms with E-state index in [1.54, 1.807) is 13.2 Å². The molecule has 3 aromatic rings. The molecule has 9 nitrogen and oxygen atoms in total. The van der Waals surface area contributed by atoms with Crippen LogP contribution in [0.4, 0.5) is 5.95 Å². The van der Waals surface area contributed by atoms with Gasteiger partial charge in [0.1, 0.15) is 29.6 Å². The number of nitriles is 1. The molecule has 0 amide bonds. The van der Waals surface area contributed by atoms with Crippen molar-refractivity contribution in [2.24, 2.45) is 11.8 Å². The molecule has 0 radical (unpaired) electrons. The fourth-order valence-corrected chi connectivity index (χ4v) is 6.86. The minimum Gasteiger partial charge on any atom is -0.491 e. The number of hydrogen-bond acceptors (Lipinski definition) is 8. The van der Waals surface area contributed by atoms with Crippen molar-refractivity contribution in [3.8, 4) is 23.1 Å². The van der Waals surface area contributed by atoms with Gasteiger partial charge >= 0.3 is 0 Å². The zero-order valence-corrected chi connectivity index (χ0v) is 24.1. The third-order valence-corrected chi connectivity index (χ3v) is 8.92. The van der Waals surface area contributed by atoms with Gasteiger partial charge < -0.3 is 23.7 Å². The van der Waals surface area contributed by atoms with Crippen LogP contribution < -0.4 is 9.64 Å². The van der Waals surface area contributed by atoms with E-state index in [4.69, 9.17) is 35.8 Å². The van der Waals surface area contributed by atoms with E-state index in [2.05, 4.69) is 27.4 Å². The van der Waals surface area contributed by atoms with Gasteiger partial charge in [-0.15, -0.1) is 0 Å². The average Bonchev–Trinajstić information content (AvgIpc) is 3.58. The Morgan fingerprint density at radius 2 is 1.93 bits per heavy atom. The van der Waals surface area contributed by atoms with E-state index in [-0.39, 0.29) is 11.9 Å². The lowest BCUT2D eigenvalue weighted by atomic mass is 9.83. The molecule has 6 rings (SSSR count). The van der Waals surface area contributed by atoms with Crippen molar-refractivity contribution < 1.29 is 14.2 Å². The molecule has 3 aliphatic rings. The Morgan fingerprint density at radius 3 is 2.73 bits per heavy atom. The smallest absolute Gasteiger partial charge is 0.234 e. The van der Waals surface area contributed by atoms with Crippen LogP contribution in [-0.2, 0) is 16.0 Å². The largest absolute Gasteiger partial charge is 0.491 e. The zero-order chi connectivity index (χ0) is 27.6. The minimum absolute atomic E-state index is 0.0905. The summed E-state index contributed by atoms with van der Waals surface area (Å²) in [6.45, 7) is 5.53. The first kappa shape index (κ1) is 27.3. The molecule has 0 N–H and O–H groups in total. The number of ether oxygens (including phenoxy) is 3. The number of morpholine rings is 1. The molecule has 2 aromatic heterocycles. The molecule has 0 bridgehead atoms. The maximum atomic E-state index is 9.85. The van der Waals surface area contributed by atoms with Crippen molar-refractivity contribution in [1.29, 1.82) is 5.26 Å². The molecule has 3 fully saturated rings. The van der Waals surface area contributed by atoms with Gasteiger partial charge in [-0.3, -0.25) is 0 Å². The van der Waals surface area contributed by atoms with Crippen LogP contribution in [0.5, 0.6) is 5.75 Å². The van der Waals surface area contributed by atoms with E-state index in [0.717, 1.165) is 55.3 Å². The minimum atomic E-state index is 0.0905. The predicted octanol–water partition coefficient (Wildman–Crippen LogP) is 5.63. The summed E-state index contributed by atoms with van der Waals surface area (Å²) in [5.74, 6) is 2.95. The highest BCUT2D eigenvalue weighted by atomic mass is 35.5. The van der Waals surface area contributed by atoms with Gasteiger partial charge in [0, 0.05) is 30.8 Å². The highest BCUT2D eigenvalue weighted by Gasteiger charge is 2.39. The Labute approximate surface area is 240 Å². The second-order valence-electron chi connectivity index (χ2n) is 11.4. The van der Waals surface area contributed by atoms with E-state index in [9.17, 15) is 5.26 Å². The average molecular weight is 565 g/mol. The predicted molar refractivity (Wildman–Crippen MR) is 154 cm³/mol. The van der Waals surface area contributed by atoms with Crippen LogP contribution in [0.1, 0.15) is 57.7 Å². The molecule has 0 spiro atoms. The van der Waals surface area contributed by atoms with Gasteiger partial charge in [-0.2, -0.15) is 15.2 Å². The van der Waals surface area contributed by atoms with Crippen molar-refractivity contribution in [1.82, 2.24) is 19.5 Å². The number of nitrogens with zero attached hydrogens (tertiary/aromatic N) is 6. The molecule has 1 aromatic carbocycles. The van der Waals surface area contributed by atoms with Gasteiger partial charge in [0.15, 0.2) is 5.65 Å². The summed E-state index contributed by atoms with van der Waals surface area (Å²) in [5, 5.41) is 10.4. The molecular weight excluding hydrogens is 528 g/mol. The number of methoxy groups -OCH3 is 1. The van der Waals surface area contributed by atoms with Crippen LogP contribution in [-0.4, -0.2) is 65.1 Å². The summed E-state index contributed by atoms with van der Waals surface area (Å²) in [6, 6.07) is 8.02. The maximum Gasteiger partial charge on any atom is 0.234 e. The number of fused-ring (bicyclic) bond motifs is 2. The second-order valence-corrected chi connectivity index (χ2v) is 11.9. The third kappa shape index (κ3) is 5.50. The van der Waals surface area contributed by atoms with Crippen LogP contribution >= 0.6 is 11.6 Å². The number of anilines is 1. The molecule has 3 heterocycles. The number of rotatable bonds is 8. The summed E-state index contributed by atoms with van der Waals surface area (Å²) in [5.41, 5.74) is 2.82. The number of hydrogen-bond donors (Lipinski definition) is 0. The Hall–Kier alpha value is -2.93. The molecule has 10 heteroatoms. The van der Waals surface area contributed by atoms with E-state index < -0.39 is 0 Å². The summed E-state index contributed by atoms with van der Waals surface area (Å²) in [7, 11) is 1.64. The molecule has 0 unspecified atom stereocenters. The standard InChI is InChI=1S/C30H37ClN6O3/c1-19-6-8-20(9-7-19)18-37-28-27(21-14-22(31)16-23(15-21)39-13-12-38-2)33-26(17-32)34-29(28)35-30(37)36-10-11-40-25-5-3-4-24(25)36/h14-16,19-20,24-25H,3-13,18H2,1-2H3/t19?,20?,24-,25-/m1/s1. The van der Waals surface area contributed by atoms with Gasteiger partial charge in [-0.1, -0.05) is 31.4 Å². The van der Waals surface area contributed by atoms with E-state index in [1.165, 1.54) is 25.7 Å². The first-order valence-electron chi connectivity index (χ1n) is 14.5. The third-order valence-electron chi connectivity index (χ3n) is 8.70. The topological polar surface area (TPSA) is 98.3 Å². The Balaban J connectivity index is 1.50. The zero-order valence-electron chi connectivity index (χ0n) is 23.3. The second kappa shape index (κ2) is 11.9. The molecule has 212 valence electrons. The van der Waals surface area contributed by atoms with E-state index in [0.29, 0.717) is 53.9 Å². The van der Waals surface area contributed by atoms with Crippen molar-refractivity contribution >= 4 is 28.7 Å². The van der Waals surface area contributed by atoms with Gasteiger partial charge in [-0.25, -0.2) is 4.98 Å². The van der Waals surface area contributed by atoms with E-state index >= 15 is 0 Å². The quantitative estimate of drug-likeness (QED) is 0.325. The fourth-order valence-electron chi connectivity index (χ4n) is 6.64. The van der Waals surface area contributed by atoms with Crippen LogP contribution in [0, 0.1) is 23.2 Å². The van der Waals surface area contributed by atoms with Crippen LogP contribution in [0.15, 0.2) is 18.2 Å². The van der Waals surface area contributed by atoms with Gasteiger partial charge in [0.05, 0.1) is 25.4 Å². The lowest BCUT2D eigenvalue weighted by Crippen LogP contribution is -2.49. The first-order valence-corrected chi connectivity index (χ1v) is 14.9. The van der Waals surface area contributed by atoms with E-state index in [1.807, 2.05) is 12.1 Å². The first-order chi connectivity index (χ1) is 19.5. The number of benzene rings is 1. The summed E-state index contributed by atoms with van der Waals surface area (Å²) in [6.07, 6.45) is 8.43. The van der Waals surface area contributed by atoms with Crippen LogP contribution in [0.3, 0.4) is 0 Å². The lowest BCUT2D eigenvalue weighted by Gasteiger charge is -2.39. The lowest BCUT2D eigenvalue weighted by molar-refractivity contribution is 0.0247. The molecule has 2 atom stereocenters. The molecule has 1 aliphatic heterocycles. The number of halogens is 1. The van der Waals surface area contributed by atoms with Crippen molar-refractivity contribution in [2.75, 3.05) is 38.4 Å². The molecule has 2 aliphatic carbocycles. The van der Waals surface area contributed by atoms with Crippen LogP contribution in [0.2, 0.25) is 5.02 Å². The number of imidazole rings is 1. The van der Waals surface area contributed by atoms with Gasteiger partial charge in [-0.05, 0) is 62.1 Å². The Kier molecular flexibility index (Phi) is 8.10. The fraction of sp³-hybridized carbons (Fsp3) is 0.600. The Bertz CT molecular complexity index is 1400. The monoisotopic (exact) mass is 564 g/mol. The summed E-state index contributed by atoms with van der Waals surface area (Å²) < 4.78 is 19.5. The molecule has 40 heavy (non-hydrogen) atoms. The Morgan fingerprint density at radius 1 is 1.07 bits per heavy atom. The van der Waals surface area contributed by atoms with Gasteiger partial charge in [0.25, 0.3) is 0 Å². The molecule has 1 saturated heterocycles. The van der Waals surface area contributed by atoms with Crippen LogP contribution in [0.25, 0.3) is 22.4 Å². The highest BCUT2D eigenvalue weighted by Crippen LogP contribution is 2.39. The van der Waals surface area contributed by atoms with Crippen molar-refractivity contribution in [3.05, 3.63) is 29.0 Å².